The van der Waals surface area contributed by atoms with E-state index in [1.54, 1.807) is 0 Å². The molecule has 1 amide bonds. The molecule has 1 aliphatic heterocycles. The molecule has 1 heterocycles. The van der Waals surface area contributed by atoms with Crippen LogP contribution in [0.25, 0.3) is 0 Å². The van der Waals surface area contributed by atoms with Gasteiger partial charge in [0.2, 0.25) is 5.91 Å². The van der Waals surface area contributed by atoms with E-state index in [9.17, 15) is 4.79 Å². The van der Waals surface area contributed by atoms with E-state index < -0.39 is 20.2 Å². The molecule has 0 spiro atoms. The molecule has 1 saturated heterocycles. The van der Waals surface area contributed by atoms with Gasteiger partial charge >= 0.3 is 0 Å². The highest BCUT2D eigenvalue weighted by molar-refractivity contribution is 6.74. The lowest BCUT2D eigenvalue weighted by Gasteiger charge is -2.40. The van der Waals surface area contributed by atoms with Crippen LogP contribution < -0.4 is 5.32 Å². The van der Waals surface area contributed by atoms with Crippen LogP contribution >= 0.6 is 0 Å². The van der Waals surface area contributed by atoms with Crippen molar-refractivity contribution in [3.63, 3.8) is 0 Å². The first kappa shape index (κ1) is 32.2. The predicted molar refractivity (Wildman–Crippen MR) is 160 cm³/mol. The second kappa shape index (κ2) is 13.9. The highest BCUT2D eigenvalue weighted by Gasteiger charge is 2.46. The largest absolute Gasteiger partial charge is 0.413 e. The SMILES string of the molecule is C=CC[C@H](NC(=O)C[C@@H](CC[C@@]1(C)O[C@@H](c2ccccc2)O[C@H]1C=C)O[Si](C)(C)C(C)(C)C)/C(C)=C/CC. The van der Waals surface area contributed by atoms with Gasteiger partial charge in [0.15, 0.2) is 14.6 Å². The van der Waals surface area contributed by atoms with E-state index in [0.717, 1.165) is 17.6 Å². The minimum atomic E-state index is -2.12. The second-order valence-corrected chi connectivity index (χ2v) is 17.0. The zero-order chi connectivity index (χ0) is 28.6. The predicted octanol–water partition coefficient (Wildman–Crippen LogP) is 8.02. The van der Waals surface area contributed by atoms with Crippen LogP contribution in [-0.4, -0.2) is 38.1 Å². The molecule has 0 radical (unpaired) electrons. The molecule has 5 nitrogen and oxygen atoms in total. The van der Waals surface area contributed by atoms with Crippen molar-refractivity contribution in [2.45, 2.75) is 122 Å². The topological polar surface area (TPSA) is 56.8 Å². The van der Waals surface area contributed by atoms with Crippen LogP contribution in [0, 0.1) is 0 Å². The summed E-state index contributed by atoms with van der Waals surface area (Å²) in [6, 6.07) is 9.93. The summed E-state index contributed by atoms with van der Waals surface area (Å²) in [5.74, 6) is 0.000545. The molecule has 1 N–H and O–H groups in total. The Kier molecular flexibility index (Phi) is 11.8. The molecule has 0 unspecified atom stereocenters. The number of amides is 1. The minimum Gasteiger partial charge on any atom is -0.413 e. The summed E-state index contributed by atoms with van der Waals surface area (Å²) in [4.78, 5) is 13.3. The summed E-state index contributed by atoms with van der Waals surface area (Å²) < 4.78 is 19.6. The number of carbonyl (C=O) groups is 1. The van der Waals surface area contributed by atoms with Gasteiger partial charge in [-0.25, -0.2) is 0 Å². The average Bonchev–Trinajstić information content (AvgIpc) is 3.19. The van der Waals surface area contributed by atoms with Gasteiger partial charge in [0.1, 0.15) is 6.10 Å². The van der Waals surface area contributed by atoms with Gasteiger partial charge in [-0.2, -0.15) is 0 Å². The normalized spacial score (nSPS) is 24.1. The van der Waals surface area contributed by atoms with E-state index in [1.807, 2.05) is 42.5 Å². The molecule has 1 aliphatic rings. The molecule has 1 aromatic rings. The Morgan fingerprint density at radius 2 is 1.89 bits per heavy atom. The van der Waals surface area contributed by atoms with Crippen LogP contribution in [0.2, 0.25) is 18.1 Å². The van der Waals surface area contributed by atoms with Crippen molar-refractivity contribution < 1.29 is 18.7 Å². The van der Waals surface area contributed by atoms with Crippen molar-refractivity contribution in [1.29, 1.82) is 0 Å². The van der Waals surface area contributed by atoms with Gasteiger partial charge in [0.25, 0.3) is 0 Å². The zero-order valence-corrected chi connectivity index (χ0v) is 26.0. The maximum absolute atomic E-state index is 13.3. The Hall–Kier alpha value is -1.99. The van der Waals surface area contributed by atoms with Crippen LogP contribution in [0.5, 0.6) is 0 Å². The quantitative estimate of drug-likeness (QED) is 0.191. The van der Waals surface area contributed by atoms with Gasteiger partial charge in [-0.05, 0) is 57.7 Å². The Labute approximate surface area is 232 Å². The molecule has 0 saturated carbocycles. The Balaban J connectivity index is 2.20. The molecular formula is C32H51NO4Si. The highest BCUT2D eigenvalue weighted by Crippen LogP contribution is 2.43. The first-order valence-corrected chi connectivity index (χ1v) is 16.9. The molecule has 6 heteroatoms. The Morgan fingerprint density at radius 3 is 2.45 bits per heavy atom. The number of rotatable bonds is 14. The molecule has 0 aromatic heterocycles. The van der Waals surface area contributed by atoms with Crippen LogP contribution in [0.4, 0.5) is 0 Å². The number of hydrogen-bond donors (Lipinski definition) is 1. The highest BCUT2D eigenvalue weighted by atomic mass is 28.4. The summed E-state index contributed by atoms with van der Waals surface area (Å²) in [6.45, 7) is 25.3. The van der Waals surface area contributed by atoms with Gasteiger partial charge in [-0.15, -0.1) is 13.2 Å². The van der Waals surface area contributed by atoms with E-state index in [2.05, 4.69) is 79.2 Å². The first-order chi connectivity index (χ1) is 17.8. The lowest BCUT2D eigenvalue weighted by atomic mass is 9.91. The van der Waals surface area contributed by atoms with Crippen molar-refractivity contribution in [1.82, 2.24) is 5.32 Å². The standard InChI is InChI=1S/C32H51NO4Si/c1-11-17-24(4)27(18-12-2)33-29(34)23-26(37-38(9,10)31(5,6)7)21-22-32(8)28(13-3)35-30(36-32)25-19-15-14-16-20-25/h12-17,19-20,26-28,30H,2-3,11,18,21-23H2,1,4-10H3,(H,33,34)/b24-17+/t26-,27+,28+,30+,32-/m1/s1. The Morgan fingerprint density at radius 1 is 1.24 bits per heavy atom. The molecule has 5 atom stereocenters. The third-order valence-electron chi connectivity index (χ3n) is 7.99. The monoisotopic (exact) mass is 541 g/mol. The maximum Gasteiger partial charge on any atom is 0.223 e. The third-order valence-corrected chi connectivity index (χ3v) is 12.5. The van der Waals surface area contributed by atoms with Crippen molar-refractivity contribution in [3.8, 4) is 0 Å². The molecule has 212 valence electrons. The summed E-state index contributed by atoms with van der Waals surface area (Å²) in [5, 5.41) is 3.26. The van der Waals surface area contributed by atoms with E-state index in [4.69, 9.17) is 13.9 Å². The average molecular weight is 542 g/mol. The molecule has 38 heavy (non-hydrogen) atoms. The fraction of sp³-hybridized carbons (Fsp3) is 0.594. The van der Waals surface area contributed by atoms with E-state index in [0.29, 0.717) is 25.7 Å². The minimum absolute atomic E-state index is 0.000545. The van der Waals surface area contributed by atoms with Crippen molar-refractivity contribution in [2.24, 2.45) is 0 Å². The van der Waals surface area contributed by atoms with Crippen LogP contribution in [0.3, 0.4) is 0 Å². The fourth-order valence-electron chi connectivity index (χ4n) is 4.57. The Bertz CT molecular complexity index is 952. The van der Waals surface area contributed by atoms with E-state index in [-0.39, 0.29) is 29.2 Å². The molecule has 2 rings (SSSR count). The van der Waals surface area contributed by atoms with Gasteiger partial charge in [-0.1, -0.05) is 81.8 Å². The molecule has 0 aliphatic carbocycles. The van der Waals surface area contributed by atoms with Crippen LogP contribution in [-0.2, 0) is 18.7 Å². The third kappa shape index (κ3) is 8.77. The van der Waals surface area contributed by atoms with E-state index >= 15 is 0 Å². The number of carbonyl (C=O) groups excluding carboxylic acids is 1. The summed E-state index contributed by atoms with van der Waals surface area (Å²) in [6.07, 6.45) is 8.22. The van der Waals surface area contributed by atoms with Crippen molar-refractivity contribution in [2.75, 3.05) is 0 Å². The van der Waals surface area contributed by atoms with Gasteiger partial charge < -0.3 is 19.2 Å². The first-order valence-electron chi connectivity index (χ1n) is 14.0. The molecule has 1 aromatic carbocycles. The lowest BCUT2D eigenvalue weighted by molar-refractivity contribution is -0.123. The van der Waals surface area contributed by atoms with E-state index in [1.165, 1.54) is 0 Å². The summed E-state index contributed by atoms with van der Waals surface area (Å²) in [7, 11) is -2.12. The summed E-state index contributed by atoms with van der Waals surface area (Å²) in [5.41, 5.74) is 1.58. The van der Waals surface area contributed by atoms with Gasteiger partial charge in [0, 0.05) is 5.56 Å². The van der Waals surface area contributed by atoms with Crippen molar-refractivity contribution in [3.05, 3.63) is 72.9 Å². The number of benzene rings is 1. The summed E-state index contributed by atoms with van der Waals surface area (Å²) >= 11 is 0. The number of ether oxygens (including phenoxy) is 2. The second-order valence-electron chi connectivity index (χ2n) is 12.2. The number of hydrogen-bond acceptors (Lipinski definition) is 4. The lowest BCUT2D eigenvalue weighted by Crippen LogP contribution is -2.46. The number of allylic oxidation sites excluding steroid dienone is 1. The fourth-order valence-corrected chi connectivity index (χ4v) is 5.96. The molecule has 0 bridgehead atoms. The number of nitrogens with one attached hydrogen (secondary N) is 1. The van der Waals surface area contributed by atoms with Crippen LogP contribution in [0.15, 0.2) is 67.3 Å². The van der Waals surface area contributed by atoms with Gasteiger partial charge in [-0.3, -0.25) is 4.79 Å². The molecular weight excluding hydrogens is 490 g/mol. The van der Waals surface area contributed by atoms with Crippen LogP contribution in [0.1, 0.15) is 85.5 Å². The van der Waals surface area contributed by atoms with Crippen molar-refractivity contribution >= 4 is 14.2 Å². The smallest absolute Gasteiger partial charge is 0.223 e. The maximum atomic E-state index is 13.3. The van der Waals surface area contributed by atoms with Gasteiger partial charge in [0.05, 0.1) is 24.2 Å². The zero-order valence-electron chi connectivity index (χ0n) is 25.0. The molecule has 1 fully saturated rings.